The zero-order valence-corrected chi connectivity index (χ0v) is 9.27. The van der Waals surface area contributed by atoms with Crippen molar-refractivity contribution in [3.63, 3.8) is 0 Å². The van der Waals surface area contributed by atoms with Crippen LogP contribution >= 0.6 is 11.6 Å². The maximum Gasteiger partial charge on any atom is 0.267 e. The molecule has 15 heavy (non-hydrogen) atoms. The van der Waals surface area contributed by atoms with Gasteiger partial charge in [0, 0.05) is 18.0 Å². The standard InChI is InChI=1S/C11H11ClN2O/c1-6-3-8(12)7-5-10(11(15)13-2)14-9(7)4-6/h3-5,14H,1-2H3,(H,13,15). The van der Waals surface area contributed by atoms with Gasteiger partial charge in [-0.05, 0) is 30.7 Å². The Morgan fingerprint density at radius 3 is 2.80 bits per heavy atom. The number of rotatable bonds is 1. The van der Waals surface area contributed by atoms with Gasteiger partial charge in [0.1, 0.15) is 5.69 Å². The van der Waals surface area contributed by atoms with Crippen molar-refractivity contribution in [2.24, 2.45) is 0 Å². The van der Waals surface area contributed by atoms with Gasteiger partial charge < -0.3 is 10.3 Å². The zero-order chi connectivity index (χ0) is 11.0. The molecule has 0 aliphatic rings. The second-order valence-electron chi connectivity index (χ2n) is 3.47. The van der Waals surface area contributed by atoms with Crippen molar-refractivity contribution >= 4 is 28.4 Å². The molecule has 4 heteroatoms. The van der Waals surface area contributed by atoms with E-state index in [1.54, 1.807) is 13.1 Å². The van der Waals surface area contributed by atoms with Crippen LogP contribution in [-0.4, -0.2) is 17.9 Å². The van der Waals surface area contributed by atoms with Gasteiger partial charge in [0.2, 0.25) is 0 Å². The van der Waals surface area contributed by atoms with Crippen molar-refractivity contribution in [3.8, 4) is 0 Å². The smallest absolute Gasteiger partial charge is 0.267 e. The number of nitrogens with one attached hydrogen (secondary N) is 2. The first-order chi connectivity index (χ1) is 7.11. The van der Waals surface area contributed by atoms with Crippen LogP contribution in [0.3, 0.4) is 0 Å². The number of halogens is 1. The molecule has 3 nitrogen and oxygen atoms in total. The van der Waals surface area contributed by atoms with Crippen molar-refractivity contribution in [2.75, 3.05) is 7.05 Å². The number of hydrogen-bond donors (Lipinski definition) is 2. The van der Waals surface area contributed by atoms with Gasteiger partial charge in [-0.1, -0.05) is 11.6 Å². The SMILES string of the molecule is CNC(=O)c1cc2c(Cl)cc(C)cc2[nH]1. The fourth-order valence-corrected chi connectivity index (χ4v) is 1.91. The van der Waals surface area contributed by atoms with E-state index < -0.39 is 0 Å². The summed E-state index contributed by atoms with van der Waals surface area (Å²) in [5, 5.41) is 4.10. The second kappa shape index (κ2) is 3.59. The Kier molecular flexibility index (Phi) is 2.40. The minimum absolute atomic E-state index is 0.139. The summed E-state index contributed by atoms with van der Waals surface area (Å²) in [5.74, 6) is -0.139. The average molecular weight is 223 g/mol. The minimum atomic E-state index is -0.139. The number of hydrogen-bond acceptors (Lipinski definition) is 1. The third-order valence-electron chi connectivity index (χ3n) is 2.30. The Morgan fingerprint density at radius 1 is 1.40 bits per heavy atom. The van der Waals surface area contributed by atoms with Gasteiger partial charge in [0.25, 0.3) is 5.91 Å². The number of benzene rings is 1. The Labute approximate surface area is 92.4 Å². The average Bonchev–Trinajstić information content (AvgIpc) is 2.60. The van der Waals surface area contributed by atoms with Crippen LogP contribution in [0.4, 0.5) is 0 Å². The van der Waals surface area contributed by atoms with Crippen LogP contribution in [0.1, 0.15) is 16.1 Å². The molecule has 0 saturated heterocycles. The number of carbonyl (C=O) groups excluding carboxylic acids is 1. The number of aryl methyl sites for hydroxylation is 1. The van der Waals surface area contributed by atoms with E-state index in [0.717, 1.165) is 16.5 Å². The Bertz CT molecular complexity index is 531. The van der Waals surface area contributed by atoms with Crippen molar-refractivity contribution in [1.29, 1.82) is 0 Å². The third-order valence-corrected chi connectivity index (χ3v) is 2.62. The summed E-state index contributed by atoms with van der Waals surface area (Å²) < 4.78 is 0. The van der Waals surface area contributed by atoms with Crippen LogP contribution in [0.5, 0.6) is 0 Å². The van der Waals surface area contributed by atoms with Crippen LogP contribution in [0.25, 0.3) is 10.9 Å². The lowest BCUT2D eigenvalue weighted by atomic mass is 10.2. The molecule has 2 aromatic rings. The molecule has 0 radical (unpaired) electrons. The molecule has 0 bridgehead atoms. The molecule has 78 valence electrons. The van der Waals surface area contributed by atoms with E-state index in [1.807, 2.05) is 19.1 Å². The molecule has 1 heterocycles. The quantitative estimate of drug-likeness (QED) is 0.765. The first kappa shape index (κ1) is 10.1. The zero-order valence-electron chi connectivity index (χ0n) is 8.52. The van der Waals surface area contributed by atoms with Crippen molar-refractivity contribution < 1.29 is 4.79 Å². The molecule has 0 atom stereocenters. The predicted octanol–water partition coefficient (Wildman–Crippen LogP) is 2.49. The van der Waals surface area contributed by atoms with E-state index in [4.69, 9.17) is 11.6 Å². The highest BCUT2D eigenvalue weighted by molar-refractivity contribution is 6.35. The van der Waals surface area contributed by atoms with Crippen LogP contribution in [0, 0.1) is 6.92 Å². The number of H-pyrrole nitrogens is 1. The number of amides is 1. The number of fused-ring (bicyclic) bond motifs is 1. The summed E-state index contributed by atoms with van der Waals surface area (Å²) in [7, 11) is 1.60. The summed E-state index contributed by atoms with van der Waals surface area (Å²) in [4.78, 5) is 14.4. The third kappa shape index (κ3) is 1.70. The predicted molar refractivity (Wildman–Crippen MR) is 61.4 cm³/mol. The highest BCUT2D eigenvalue weighted by atomic mass is 35.5. The second-order valence-corrected chi connectivity index (χ2v) is 3.88. The first-order valence-electron chi connectivity index (χ1n) is 4.63. The van der Waals surface area contributed by atoms with Crippen LogP contribution < -0.4 is 5.32 Å². The molecular weight excluding hydrogens is 212 g/mol. The lowest BCUT2D eigenvalue weighted by Gasteiger charge is -1.95. The van der Waals surface area contributed by atoms with Crippen molar-refractivity contribution in [3.05, 3.63) is 34.5 Å². The summed E-state index contributed by atoms with van der Waals surface area (Å²) >= 11 is 6.07. The minimum Gasteiger partial charge on any atom is -0.354 e. The van der Waals surface area contributed by atoms with E-state index in [1.165, 1.54) is 0 Å². The summed E-state index contributed by atoms with van der Waals surface area (Å²) in [5.41, 5.74) is 2.48. The molecule has 0 aliphatic heterocycles. The summed E-state index contributed by atoms with van der Waals surface area (Å²) in [6.45, 7) is 1.96. The monoisotopic (exact) mass is 222 g/mol. The van der Waals surface area contributed by atoms with E-state index in [2.05, 4.69) is 10.3 Å². The molecule has 0 fully saturated rings. The van der Waals surface area contributed by atoms with Gasteiger partial charge in [0.05, 0.1) is 5.02 Å². The molecule has 1 amide bonds. The van der Waals surface area contributed by atoms with E-state index >= 15 is 0 Å². The molecular formula is C11H11ClN2O. The molecule has 1 aromatic heterocycles. The molecule has 1 aromatic carbocycles. The Hall–Kier alpha value is -1.48. The molecule has 0 unspecified atom stereocenters. The summed E-state index contributed by atoms with van der Waals surface area (Å²) in [6, 6.07) is 5.61. The molecule has 0 spiro atoms. The number of aromatic nitrogens is 1. The molecule has 2 N–H and O–H groups in total. The Morgan fingerprint density at radius 2 is 2.13 bits per heavy atom. The normalized spacial score (nSPS) is 10.6. The first-order valence-corrected chi connectivity index (χ1v) is 5.00. The number of aromatic amines is 1. The van der Waals surface area contributed by atoms with Gasteiger partial charge >= 0.3 is 0 Å². The molecule has 0 aliphatic carbocycles. The topological polar surface area (TPSA) is 44.9 Å². The largest absolute Gasteiger partial charge is 0.354 e. The lowest BCUT2D eigenvalue weighted by Crippen LogP contribution is -2.17. The van der Waals surface area contributed by atoms with E-state index in [-0.39, 0.29) is 5.91 Å². The maximum atomic E-state index is 11.4. The van der Waals surface area contributed by atoms with Crippen molar-refractivity contribution in [2.45, 2.75) is 6.92 Å². The van der Waals surface area contributed by atoms with Crippen molar-refractivity contribution in [1.82, 2.24) is 10.3 Å². The van der Waals surface area contributed by atoms with Gasteiger partial charge in [-0.2, -0.15) is 0 Å². The molecule has 0 saturated carbocycles. The van der Waals surface area contributed by atoms with Gasteiger partial charge in [0.15, 0.2) is 0 Å². The van der Waals surface area contributed by atoms with Gasteiger partial charge in [-0.25, -0.2) is 0 Å². The van der Waals surface area contributed by atoms with E-state index in [9.17, 15) is 4.79 Å². The highest BCUT2D eigenvalue weighted by Gasteiger charge is 2.09. The maximum absolute atomic E-state index is 11.4. The van der Waals surface area contributed by atoms with Crippen LogP contribution in [-0.2, 0) is 0 Å². The van der Waals surface area contributed by atoms with Gasteiger partial charge in [-0.15, -0.1) is 0 Å². The fraction of sp³-hybridized carbons (Fsp3) is 0.182. The lowest BCUT2D eigenvalue weighted by molar-refractivity contribution is 0.0959. The highest BCUT2D eigenvalue weighted by Crippen LogP contribution is 2.25. The van der Waals surface area contributed by atoms with Crippen LogP contribution in [0.15, 0.2) is 18.2 Å². The van der Waals surface area contributed by atoms with Crippen LogP contribution in [0.2, 0.25) is 5.02 Å². The van der Waals surface area contributed by atoms with Gasteiger partial charge in [-0.3, -0.25) is 4.79 Å². The molecule has 2 rings (SSSR count). The Balaban J connectivity index is 2.65. The fourth-order valence-electron chi connectivity index (χ4n) is 1.59. The number of carbonyl (C=O) groups is 1. The van der Waals surface area contributed by atoms with E-state index in [0.29, 0.717) is 10.7 Å². The summed E-state index contributed by atoms with van der Waals surface area (Å²) in [6.07, 6.45) is 0.